The number of hydrogen-bond donors (Lipinski definition) is 0. The van der Waals surface area contributed by atoms with Gasteiger partial charge in [0.05, 0.1) is 6.04 Å². The van der Waals surface area contributed by atoms with Crippen LogP contribution in [0.4, 0.5) is 0 Å². The van der Waals surface area contributed by atoms with Gasteiger partial charge in [-0.1, -0.05) is 45.8 Å². The van der Waals surface area contributed by atoms with Crippen LogP contribution in [0.15, 0.2) is 17.2 Å². The molecule has 0 bridgehead atoms. The molecule has 0 aromatic heterocycles. The highest BCUT2D eigenvalue weighted by molar-refractivity contribution is 5.96. The smallest absolute Gasteiger partial charge is 0.160 e. The summed E-state index contributed by atoms with van der Waals surface area (Å²) in [6.07, 6.45) is 0.750. The Bertz CT molecular complexity index is 647. The number of carbonyl (C=O) groups is 1. The Morgan fingerprint density at radius 1 is 1.38 bits per heavy atom. The van der Waals surface area contributed by atoms with E-state index in [9.17, 15) is 4.79 Å². The van der Waals surface area contributed by atoms with Gasteiger partial charge in [0.25, 0.3) is 0 Å². The van der Waals surface area contributed by atoms with Gasteiger partial charge in [-0.15, -0.1) is 0 Å². The number of Topliss-reactive ketones (excluding diaryl/α,β-unsaturated/α-hetero) is 1. The molecule has 0 saturated heterocycles. The maximum atomic E-state index is 12.1. The molecule has 0 saturated carbocycles. The van der Waals surface area contributed by atoms with E-state index in [-0.39, 0.29) is 22.7 Å². The molecular formula is C17H23N3O. The molecular weight excluding hydrogens is 262 g/mol. The number of nitrogens with zero attached hydrogens (tertiary/aromatic N) is 3. The van der Waals surface area contributed by atoms with Gasteiger partial charge in [-0.25, -0.2) is 0 Å². The Balaban J connectivity index is 2.80. The van der Waals surface area contributed by atoms with Crippen LogP contribution in [-0.4, -0.2) is 5.78 Å². The van der Waals surface area contributed by atoms with E-state index in [0.717, 1.165) is 23.1 Å². The second kappa shape index (κ2) is 4.88. The molecule has 0 amide bonds. The quantitative estimate of drug-likeness (QED) is 0.318. The molecule has 0 radical (unpaired) electrons. The summed E-state index contributed by atoms with van der Waals surface area (Å²) in [5, 5.41) is 3.92. The van der Waals surface area contributed by atoms with Crippen LogP contribution in [0.1, 0.15) is 81.1 Å². The lowest BCUT2D eigenvalue weighted by atomic mass is 9.79. The Morgan fingerprint density at radius 3 is 2.48 bits per heavy atom. The molecule has 0 N–H and O–H groups in total. The summed E-state index contributed by atoms with van der Waals surface area (Å²) in [4.78, 5) is 15.1. The third-order valence-electron chi connectivity index (χ3n) is 4.38. The van der Waals surface area contributed by atoms with E-state index in [2.05, 4.69) is 50.7 Å². The average molecular weight is 285 g/mol. The van der Waals surface area contributed by atoms with E-state index in [1.54, 1.807) is 6.92 Å². The van der Waals surface area contributed by atoms with Gasteiger partial charge in [0.2, 0.25) is 0 Å². The van der Waals surface area contributed by atoms with Gasteiger partial charge >= 0.3 is 0 Å². The molecule has 1 aromatic rings. The van der Waals surface area contributed by atoms with Crippen molar-refractivity contribution in [2.45, 2.75) is 64.8 Å². The number of rotatable bonds is 2. The number of fused-ring (bicyclic) bond motifs is 1. The minimum Gasteiger partial charge on any atom is -0.295 e. The molecule has 1 unspecified atom stereocenters. The van der Waals surface area contributed by atoms with Gasteiger partial charge in [-0.3, -0.25) is 4.79 Å². The van der Waals surface area contributed by atoms with Crippen LogP contribution in [0.25, 0.3) is 10.4 Å². The molecule has 4 nitrogen and oxygen atoms in total. The van der Waals surface area contributed by atoms with Crippen molar-refractivity contribution in [1.82, 2.24) is 0 Å². The third-order valence-corrected chi connectivity index (χ3v) is 4.38. The first kappa shape index (κ1) is 15.6. The number of azide groups is 1. The van der Waals surface area contributed by atoms with E-state index < -0.39 is 0 Å². The summed E-state index contributed by atoms with van der Waals surface area (Å²) in [5.74, 6) is 0.0354. The minimum absolute atomic E-state index is 0.0219. The van der Waals surface area contributed by atoms with E-state index in [1.165, 1.54) is 0 Å². The number of carbonyl (C=O) groups excluding carboxylic acids is 1. The predicted octanol–water partition coefficient (Wildman–Crippen LogP) is 5.22. The van der Waals surface area contributed by atoms with Crippen LogP contribution in [0.2, 0.25) is 0 Å². The first-order chi connectivity index (χ1) is 9.58. The Kier molecular flexibility index (Phi) is 3.63. The molecule has 21 heavy (non-hydrogen) atoms. The van der Waals surface area contributed by atoms with Crippen molar-refractivity contribution in [3.8, 4) is 0 Å². The van der Waals surface area contributed by atoms with Crippen LogP contribution >= 0.6 is 0 Å². The summed E-state index contributed by atoms with van der Waals surface area (Å²) in [6, 6.07) is 3.92. The normalized spacial score (nSPS) is 19.8. The van der Waals surface area contributed by atoms with E-state index in [1.807, 2.05) is 6.07 Å². The molecule has 4 heteroatoms. The largest absolute Gasteiger partial charge is 0.295 e. The molecule has 2 rings (SSSR count). The molecule has 0 spiro atoms. The Labute approximate surface area is 126 Å². The second-order valence-electron chi connectivity index (χ2n) is 7.60. The van der Waals surface area contributed by atoms with E-state index >= 15 is 0 Å². The Hall–Kier alpha value is -1.80. The molecule has 0 aliphatic heterocycles. The first-order valence-electron chi connectivity index (χ1n) is 7.32. The van der Waals surface area contributed by atoms with Crippen LogP contribution in [0.3, 0.4) is 0 Å². The van der Waals surface area contributed by atoms with Crippen LogP contribution in [0, 0.1) is 0 Å². The molecule has 0 fully saturated rings. The zero-order valence-electron chi connectivity index (χ0n) is 13.7. The highest BCUT2D eigenvalue weighted by Crippen LogP contribution is 2.49. The number of ketones is 1. The van der Waals surface area contributed by atoms with Gasteiger partial charge in [0, 0.05) is 10.5 Å². The number of hydrogen-bond acceptors (Lipinski definition) is 2. The second-order valence-corrected chi connectivity index (χ2v) is 7.60. The van der Waals surface area contributed by atoms with Crippen molar-refractivity contribution >= 4 is 5.78 Å². The lowest BCUT2D eigenvalue weighted by molar-refractivity contribution is 0.101. The van der Waals surface area contributed by atoms with E-state index in [0.29, 0.717) is 5.56 Å². The summed E-state index contributed by atoms with van der Waals surface area (Å²) < 4.78 is 0. The fourth-order valence-corrected chi connectivity index (χ4v) is 3.15. The Morgan fingerprint density at radius 2 is 2.00 bits per heavy atom. The highest BCUT2D eigenvalue weighted by atomic mass is 16.1. The highest BCUT2D eigenvalue weighted by Gasteiger charge is 2.39. The maximum Gasteiger partial charge on any atom is 0.160 e. The monoisotopic (exact) mass is 285 g/mol. The van der Waals surface area contributed by atoms with Gasteiger partial charge in [-0.05, 0) is 52.5 Å². The minimum atomic E-state index is -0.243. The molecule has 0 heterocycles. The summed E-state index contributed by atoms with van der Waals surface area (Å²) in [7, 11) is 0. The summed E-state index contributed by atoms with van der Waals surface area (Å²) in [6.45, 7) is 12.3. The van der Waals surface area contributed by atoms with Crippen LogP contribution in [-0.2, 0) is 10.8 Å². The van der Waals surface area contributed by atoms with Crippen molar-refractivity contribution in [3.05, 3.63) is 44.8 Å². The number of benzene rings is 1. The molecule has 112 valence electrons. The fraction of sp³-hybridized carbons (Fsp3) is 0.588. The zero-order valence-corrected chi connectivity index (χ0v) is 13.7. The van der Waals surface area contributed by atoms with Crippen molar-refractivity contribution < 1.29 is 4.79 Å². The zero-order chi connectivity index (χ0) is 16.0. The van der Waals surface area contributed by atoms with Crippen molar-refractivity contribution in [2.75, 3.05) is 0 Å². The van der Waals surface area contributed by atoms with Crippen molar-refractivity contribution in [3.63, 3.8) is 0 Å². The summed E-state index contributed by atoms with van der Waals surface area (Å²) >= 11 is 0. The standard InChI is InChI=1S/C17H23N3O/c1-10(21)12-7-11(16(2,3)4)8-13-15(12)14(19-20-18)9-17(13,5)6/h7-8,14H,9H2,1-6H3. The first-order valence-corrected chi connectivity index (χ1v) is 7.32. The lowest BCUT2D eigenvalue weighted by Crippen LogP contribution is -2.17. The van der Waals surface area contributed by atoms with Crippen molar-refractivity contribution in [1.29, 1.82) is 0 Å². The maximum absolute atomic E-state index is 12.1. The van der Waals surface area contributed by atoms with Gasteiger partial charge in [-0.2, -0.15) is 0 Å². The molecule has 1 aromatic carbocycles. The predicted molar refractivity (Wildman–Crippen MR) is 84.7 cm³/mol. The SMILES string of the molecule is CC(=O)c1cc(C(C)(C)C)cc2c1C(N=[N+]=[N-])CC2(C)C. The molecule has 1 aliphatic carbocycles. The summed E-state index contributed by atoms with van der Waals surface area (Å²) in [5.41, 5.74) is 12.6. The molecule has 1 aliphatic rings. The molecule has 1 atom stereocenters. The third kappa shape index (κ3) is 2.68. The topological polar surface area (TPSA) is 65.8 Å². The van der Waals surface area contributed by atoms with Crippen LogP contribution < -0.4 is 0 Å². The van der Waals surface area contributed by atoms with Gasteiger partial charge in [0.15, 0.2) is 5.78 Å². The van der Waals surface area contributed by atoms with Crippen LogP contribution in [0.5, 0.6) is 0 Å². The fourth-order valence-electron chi connectivity index (χ4n) is 3.15. The van der Waals surface area contributed by atoms with Gasteiger partial charge < -0.3 is 0 Å². The van der Waals surface area contributed by atoms with Gasteiger partial charge in [0.1, 0.15) is 0 Å². The van der Waals surface area contributed by atoms with E-state index in [4.69, 9.17) is 5.53 Å². The van der Waals surface area contributed by atoms with Crippen molar-refractivity contribution in [2.24, 2.45) is 5.11 Å². The average Bonchev–Trinajstić information content (AvgIpc) is 2.59. The lowest BCUT2D eigenvalue weighted by Gasteiger charge is -2.25.